The lowest BCUT2D eigenvalue weighted by molar-refractivity contribution is -0.0342. The van der Waals surface area contributed by atoms with Gasteiger partial charge in [0.05, 0.1) is 16.7 Å². The first-order valence-corrected chi connectivity index (χ1v) is 14.4. The summed E-state index contributed by atoms with van der Waals surface area (Å²) in [5, 5.41) is 16.8. The van der Waals surface area contributed by atoms with Crippen LogP contribution in [0.2, 0.25) is 0 Å². The molecule has 3 heterocycles. The quantitative estimate of drug-likeness (QED) is 0.377. The van der Waals surface area contributed by atoms with Crippen molar-refractivity contribution in [1.29, 1.82) is 0 Å². The van der Waals surface area contributed by atoms with Gasteiger partial charge in [-0.2, -0.15) is 9.29 Å². The smallest absolute Gasteiger partial charge is 0.243 e. The minimum atomic E-state index is -3.73. The molecule has 2 aromatic carbocycles. The molecule has 0 saturated carbocycles. The number of hydrogen-bond acceptors (Lipinski definition) is 8. The Bertz CT molecular complexity index is 1400. The van der Waals surface area contributed by atoms with Crippen LogP contribution in [0.25, 0.3) is 0 Å². The van der Waals surface area contributed by atoms with Crippen molar-refractivity contribution in [2.75, 3.05) is 36.8 Å². The fraction of sp³-hybridized carbons (Fsp3) is 0.407. The van der Waals surface area contributed by atoms with E-state index >= 15 is 0 Å². The number of benzene rings is 2. The molecule has 2 saturated heterocycles. The highest BCUT2D eigenvalue weighted by Gasteiger charge is 2.39. The first-order valence-electron chi connectivity index (χ1n) is 13.0. The number of halogens is 2. The van der Waals surface area contributed by atoms with Crippen molar-refractivity contribution >= 4 is 33.2 Å². The van der Waals surface area contributed by atoms with Crippen molar-refractivity contribution in [3.8, 4) is 0 Å². The van der Waals surface area contributed by atoms with E-state index in [1.54, 1.807) is 12.1 Å². The van der Waals surface area contributed by atoms with Gasteiger partial charge in [0, 0.05) is 37.1 Å². The number of likely N-dealkylation sites (tertiary alicyclic amines) is 1. The third kappa shape index (κ3) is 6.35. The first-order chi connectivity index (χ1) is 18.6. The van der Waals surface area contributed by atoms with Gasteiger partial charge in [-0.15, -0.1) is 0 Å². The zero-order chi connectivity index (χ0) is 27.6. The number of aromatic nitrogens is 2. The van der Waals surface area contributed by atoms with E-state index in [1.165, 1.54) is 40.7 Å². The van der Waals surface area contributed by atoms with Crippen LogP contribution < -0.4 is 10.6 Å². The van der Waals surface area contributed by atoms with Gasteiger partial charge in [0.15, 0.2) is 11.6 Å². The second-order valence-corrected chi connectivity index (χ2v) is 12.2. The third-order valence-electron chi connectivity index (χ3n) is 7.44. The Morgan fingerprint density at radius 3 is 2.28 bits per heavy atom. The van der Waals surface area contributed by atoms with Crippen molar-refractivity contribution in [1.82, 2.24) is 19.2 Å². The second kappa shape index (κ2) is 11.1. The van der Waals surface area contributed by atoms with Crippen molar-refractivity contribution < 1.29 is 22.3 Å². The summed E-state index contributed by atoms with van der Waals surface area (Å²) in [5.74, 6) is -1.10. The number of anilines is 4. The average molecular weight is 559 g/mol. The van der Waals surface area contributed by atoms with E-state index in [0.29, 0.717) is 36.8 Å². The topological polar surface area (TPSA) is 111 Å². The third-order valence-corrected chi connectivity index (χ3v) is 9.35. The van der Waals surface area contributed by atoms with Crippen LogP contribution in [0.5, 0.6) is 0 Å². The summed E-state index contributed by atoms with van der Waals surface area (Å²) in [6, 6.07) is 12.0. The molecule has 0 bridgehead atoms. The summed E-state index contributed by atoms with van der Waals surface area (Å²) in [7, 11) is -3.73. The summed E-state index contributed by atoms with van der Waals surface area (Å²) in [6.07, 6.45) is 4.05. The maximum Gasteiger partial charge on any atom is 0.243 e. The van der Waals surface area contributed by atoms with Crippen molar-refractivity contribution in [2.24, 2.45) is 0 Å². The fourth-order valence-electron chi connectivity index (χ4n) is 5.08. The second-order valence-electron chi connectivity index (χ2n) is 10.3. The molecule has 0 unspecified atom stereocenters. The van der Waals surface area contributed by atoms with Crippen LogP contribution in [0.15, 0.2) is 59.6 Å². The van der Waals surface area contributed by atoms with Gasteiger partial charge in [-0.05, 0) is 87.7 Å². The summed E-state index contributed by atoms with van der Waals surface area (Å²) < 4.78 is 55.3. The Morgan fingerprint density at radius 1 is 1.00 bits per heavy atom. The van der Waals surface area contributed by atoms with E-state index in [0.717, 1.165) is 25.6 Å². The summed E-state index contributed by atoms with van der Waals surface area (Å²) in [5.41, 5.74) is 0.0927. The number of piperidine rings is 1. The summed E-state index contributed by atoms with van der Waals surface area (Å²) in [6.45, 7) is 4.24. The predicted molar refractivity (Wildman–Crippen MR) is 145 cm³/mol. The van der Waals surface area contributed by atoms with Crippen LogP contribution in [0.3, 0.4) is 0 Å². The van der Waals surface area contributed by atoms with Crippen molar-refractivity contribution in [3.05, 3.63) is 66.4 Å². The molecule has 5 rings (SSSR count). The molecule has 12 heteroatoms. The number of nitrogens with zero attached hydrogens (tertiary/aromatic N) is 4. The molecule has 0 radical (unpaired) electrons. The number of β-amino-alcohol motifs (C(OH)–C–C–N with tert-alkyl or cyclic N) is 1. The Labute approximate surface area is 226 Å². The monoisotopic (exact) mass is 558 g/mol. The van der Waals surface area contributed by atoms with Gasteiger partial charge in [0.2, 0.25) is 16.0 Å². The molecule has 1 atom stereocenters. The number of sulfonamides is 1. The normalized spacial score (nSPS) is 20.2. The molecule has 39 heavy (non-hydrogen) atoms. The van der Waals surface area contributed by atoms with E-state index in [-0.39, 0.29) is 29.8 Å². The van der Waals surface area contributed by atoms with E-state index in [1.807, 2.05) is 0 Å². The van der Waals surface area contributed by atoms with Gasteiger partial charge in [0.1, 0.15) is 5.82 Å². The lowest BCUT2D eigenvalue weighted by atomic mass is 9.91. The van der Waals surface area contributed by atoms with E-state index in [2.05, 4.69) is 32.4 Å². The zero-order valence-corrected chi connectivity index (χ0v) is 22.5. The van der Waals surface area contributed by atoms with Gasteiger partial charge in [-0.1, -0.05) is 0 Å². The standard InChI is InChI=1S/C27H32F2N6O3S/c1-19-3-2-14-34(19)18-27(36)12-15-35(16-13-27)39(37,38)23-10-8-22(9-11-23)32-26-30-17-24(29)25(33-26)31-21-6-4-20(28)5-7-21/h4-11,17,19,36H,2-3,12-16,18H2,1H3,(H2,30,31,32,33)/t19-/m0/s1. The van der Waals surface area contributed by atoms with Gasteiger partial charge in [-0.3, -0.25) is 4.90 Å². The average Bonchev–Trinajstić information content (AvgIpc) is 3.31. The molecule has 3 aromatic rings. The highest BCUT2D eigenvalue weighted by Crippen LogP contribution is 2.30. The largest absolute Gasteiger partial charge is 0.388 e. The minimum Gasteiger partial charge on any atom is -0.388 e. The van der Waals surface area contributed by atoms with E-state index < -0.39 is 27.3 Å². The lowest BCUT2D eigenvalue weighted by Crippen LogP contribution is -2.52. The maximum atomic E-state index is 14.2. The van der Waals surface area contributed by atoms with Crippen LogP contribution in [0, 0.1) is 11.6 Å². The molecule has 0 amide bonds. The van der Waals surface area contributed by atoms with E-state index in [4.69, 9.17) is 0 Å². The molecule has 0 aliphatic carbocycles. The lowest BCUT2D eigenvalue weighted by Gasteiger charge is -2.40. The van der Waals surface area contributed by atoms with Gasteiger partial charge < -0.3 is 15.7 Å². The molecule has 208 valence electrons. The molecule has 2 aliphatic heterocycles. The predicted octanol–water partition coefficient (Wildman–Crippen LogP) is 4.24. The van der Waals surface area contributed by atoms with Gasteiger partial charge >= 0.3 is 0 Å². The Kier molecular flexibility index (Phi) is 7.81. The SMILES string of the molecule is C[C@H]1CCCN1CC1(O)CCN(S(=O)(=O)c2ccc(Nc3ncc(F)c(Nc4ccc(F)cc4)n3)cc2)CC1. The Morgan fingerprint density at radius 2 is 1.64 bits per heavy atom. The van der Waals surface area contributed by atoms with Crippen LogP contribution >= 0.6 is 0 Å². The fourth-order valence-corrected chi connectivity index (χ4v) is 6.52. The van der Waals surface area contributed by atoms with Crippen LogP contribution in [0.4, 0.5) is 31.9 Å². The molecule has 9 nitrogen and oxygen atoms in total. The number of rotatable bonds is 8. The number of hydrogen-bond donors (Lipinski definition) is 3. The van der Waals surface area contributed by atoms with Crippen molar-refractivity contribution in [2.45, 2.75) is 49.1 Å². The molecule has 2 fully saturated rings. The maximum absolute atomic E-state index is 14.2. The minimum absolute atomic E-state index is 0.0949. The molecular weight excluding hydrogens is 526 g/mol. The van der Waals surface area contributed by atoms with Crippen LogP contribution in [0.1, 0.15) is 32.6 Å². The highest BCUT2D eigenvalue weighted by atomic mass is 32.2. The van der Waals surface area contributed by atoms with E-state index in [9.17, 15) is 22.3 Å². The van der Waals surface area contributed by atoms with Crippen LogP contribution in [-0.4, -0.2) is 70.5 Å². The molecule has 2 aliphatic rings. The number of aliphatic hydroxyl groups is 1. The molecule has 1 aromatic heterocycles. The molecular formula is C27H32F2N6O3S. The molecule has 0 spiro atoms. The summed E-state index contributed by atoms with van der Waals surface area (Å²) in [4.78, 5) is 10.5. The zero-order valence-electron chi connectivity index (χ0n) is 21.6. The number of nitrogens with one attached hydrogen (secondary N) is 2. The molecule has 3 N–H and O–H groups in total. The van der Waals surface area contributed by atoms with Gasteiger partial charge in [0.25, 0.3) is 0 Å². The Balaban J connectivity index is 1.21. The van der Waals surface area contributed by atoms with Gasteiger partial charge in [-0.25, -0.2) is 22.2 Å². The van der Waals surface area contributed by atoms with Crippen molar-refractivity contribution in [3.63, 3.8) is 0 Å². The van der Waals surface area contributed by atoms with Crippen LogP contribution in [-0.2, 0) is 10.0 Å². The Hall–Kier alpha value is -3.19. The highest BCUT2D eigenvalue weighted by molar-refractivity contribution is 7.89. The first kappa shape index (κ1) is 27.4. The summed E-state index contributed by atoms with van der Waals surface area (Å²) >= 11 is 0.